The normalized spacial score (nSPS) is 21.4. The van der Waals surface area contributed by atoms with Crippen molar-refractivity contribution in [2.24, 2.45) is 10.9 Å². The van der Waals surface area contributed by atoms with Gasteiger partial charge in [-0.1, -0.05) is 6.07 Å². The van der Waals surface area contributed by atoms with E-state index in [-0.39, 0.29) is 12.1 Å². The third kappa shape index (κ3) is 8.00. The van der Waals surface area contributed by atoms with Crippen LogP contribution < -0.4 is 10.6 Å². The van der Waals surface area contributed by atoms with Crippen LogP contribution in [0.25, 0.3) is 0 Å². The number of nitrogens with one attached hydrogen (secondary N) is 2. The highest BCUT2D eigenvalue weighted by atomic mass is 32.1. The van der Waals surface area contributed by atoms with Crippen LogP contribution >= 0.6 is 11.3 Å². The lowest BCUT2D eigenvalue weighted by molar-refractivity contribution is 0.0507. The minimum atomic E-state index is -0.474. The van der Waals surface area contributed by atoms with Crippen LogP contribution in [-0.4, -0.2) is 72.8 Å². The predicted octanol–water partition coefficient (Wildman–Crippen LogP) is 3.52. The zero-order valence-electron chi connectivity index (χ0n) is 19.5. The maximum Gasteiger partial charge on any atom is 0.407 e. The number of thiophene rings is 1. The van der Waals surface area contributed by atoms with E-state index in [1.165, 1.54) is 17.7 Å². The van der Waals surface area contributed by atoms with Crippen molar-refractivity contribution >= 4 is 23.4 Å². The number of piperidine rings is 1. The van der Waals surface area contributed by atoms with Gasteiger partial charge < -0.3 is 20.3 Å². The number of carbonyl (C=O) groups excluding carboxylic acids is 1. The van der Waals surface area contributed by atoms with Crippen molar-refractivity contribution in [3.63, 3.8) is 0 Å². The van der Waals surface area contributed by atoms with Gasteiger partial charge in [0.2, 0.25) is 0 Å². The highest BCUT2D eigenvalue weighted by molar-refractivity contribution is 7.09. The minimum Gasteiger partial charge on any atom is -0.444 e. The van der Waals surface area contributed by atoms with E-state index in [2.05, 4.69) is 44.9 Å². The molecule has 0 radical (unpaired) electrons. The summed E-state index contributed by atoms with van der Waals surface area (Å²) in [5, 5.41) is 8.60. The summed E-state index contributed by atoms with van der Waals surface area (Å²) in [6.45, 7) is 14.5. The largest absolute Gasteiger partial charge is 0.444 e. The van der Waals surface area contributed by atoms with Gasteiger partial charge >= 0.3 is 6.09 Å². The smallest absolute Gasteiger partial charge is 0.407 e. The van der Waals surface area contributed by atoms with Gasteiger partial charge in [0, 0.05) is 37.6 Å². The number of alkyl carbamates (subject to hydrolysis) is 1. The average molecular weight is 450 g/mol. The second-order valence-electron chi connectivity index (χ2n) is 9.57. The number of guanidine groups is 1. The first kappa shape index (κ1) is 23.9. The van der Waals surface area contributed by atoms with Gasteiger partial charge in [0.15, 0.2) is 5.96 Å². The van der Waals surface area contributed by atoms with Crippen LogP contribution in [0.4, 0.5) is 4.79 Å². The fraction of sp³-hybridized carbons (Fsp3) is 0.739. The highest BCUT2D eigenvalue weighted by Crippen LogP contribution is 2.21. The van der Waals surface area contributed by atoms with E-state index in [9.17, 15) is 4.79 Å². The number of amides is 1. The molecule has 1 aromatic rings. The summed E-state index contributed by atoms with van der Waals surface area (Å²) in [5.74, 6) is 1.61. The van der Waals surface area contributed by atoms with E-state index in [1.54, 1.807) is 0 Å². The van der Waals surface area contributed by atoms with Crippen molar-refractivity contribution in [3.05, 3.63) is 22.4 Å². The van der Waals surface area contributed by atoms with E-state index in [0.29, 0.717) is 5.92 Å². The Kier molecular flexibility index (Phi) is 8.60. The first-order valence-electron chi connectivity index (χ1n) is 11.6. The monoisotopic (exact) mass is 449 g/mol. The van der Waals surface area contributed by atoms with Crippen LogP contribution in [0.3, 0.4) is 0 Å². The fourth-order valence-corrected chi connectivity index (χ4v) is 4.88. The molecule has 0 spiro atoms. The molecule has 0 aromatic carbocycles. The third-order valence-corrected chi connectivity index (χ3v) is 6.57. The molecule has 1 aromatic heterocycles. The number of hydrogen-bond acceptors (Lipinski definition) is 5. The molecule has 174 valence electrons. The maximum absolute atomic E-state index is 12.1. The van der Waals surface area contributed by atoms with Gasteiger partial charge in [0.25, 0.3) is 0 Å². The summed E-state index contributed by atoms with van der Waals surface area (Å²) in [7, 11) is 0. The zero-order valence-corrected chi connectivity index (χ0v) is 20.3. The van der Waals surface area contributed by atoms with Crippen molar-refractivity contribution in [3.8, 4) is 0 Å². The lowest BCUT2D eigenvalue weighted by Gasteiger charge is -2.31. The fourth-order valence-electron chi connectivity index (χ4n) is 4.14. The number of ether oxygens (including phenoxy) is 1. The Bertz CT molecular complexity index is 708. The standard InChI is InChI=1S/C23H39N5O2S/c1-5-24-21(28-13-10-19(16-28)26-22(29)30-23(2,3)4)25-15-18-8-11-27(12-9-18)17-20-7-6-14-31-20/h6-7,14,18-19H,5,8-13,15-17H2,1-4H3,(H,24,25)(H,26,29). The lowest BCUT2D eigenvalue weighted by atomic mass is 9.97. The summed E-state index contributed by atoms with van der Waals surface area (Å²) in [5.41, 5.74) is -0.474. The van der Waals surface area contributed by atoms with Crippen molar-refractivity contribution in [2.45, 2.75) is 65.1 Å². The Morgan fingerprint density at radius 1 is 1.26 bits per heavy atom. The molecule has 2 N–H and O–H groups in total. The molecule has 31 heavy (non-hydrogen) atoms. The Balaban J connectivity index is 1.44. The number of carbonyl (C=O) groups is 1. The van der Waals surface area contributed by atoms with E-state index < -0.39 is 5.60 Å². The van der Waals surface area contributed by atoms with E-state index in [4.69, 9.17) is 9.73 Å². The zero-order chi connectivity index (χ0) is 22.3. The Morgan fingerprint density at radius 2 is 2.03 bits per heavy atom. The number of rotatable bonds is 6. The van der Waals surface area contributed by atoms with Crippen molar-refractivity contribution in [1.29, 1.82) is 0 Å². The van der Waals surface area contributed by atoms with Crippen LogP contribution in [0.15, 0.2) is 22.5 Å². The van der Waals surface area contributed by atoms with Gasteiger partial charge in [-0.2, -0.15) is 0 Å². The second-order valence-corrected chi connectivity index (χ2v) is 10.6. The van der Waals surface area contributed by atoms with Crippen molar-refractivity contribution in [2.75, 3.05) is 39.3 Å². The van der Waals surface area contributed by atoms with Gasteiger partial charge in [0.05, 0.1) is 6.04 Å². The molecule has 0 aliphatic carbocycles. The van der Waals surface area contributed by atoms with Gasteiger partial charge in [-0.05, 0) is 77.4 Å². The number of aliphatic imine (C=N–C) groups is 1. The molecule has 1 unspecified atom stereocenters. The van der Waals surface area contributed by atoms with Crippen LogP contribution in [0.1, 0.15) is 51.8 Å². The molecule has 0 saturated carbocycles. The van der Waals surface area contributed by atoms with Gasteiger partial charge in [-0.3, -0.25) is 9.89 Å². The summed E-state index contributed by atoms with van der Waals surface area (Å²) in [6, 6.07) is 4.46. The maximum atomic E-state index is 12.1. The SMILES string of the molecule is CCNC(=NCC1CCN(Cc2cccs2)CC1)N1CCC(NC(=O)OC(C)(C)C)C1. The van der Waals surface area contributed by atoms with E-state index >= 15 is 0 Å². The van der Waals surface area contributed by atoms with Crippen LogP contribution in [0, 0.1) is 5.92 Å². The highest BCUT2D eigenvalue weighted by Gasteiger charge is 2.28. The average Bonchev–Trinajstić information content (AvgIpc) is 3.37. The topological polar surface area (TPSA) is 69.2 Å². The van der Waals surface area contributed by atoms with Crippen LogP contribution in [0.2, 0.25) is 0 Å². The summed E-state index contributed by atoms with van der Waals surface area (Å²) in [4.78, 5) is 23.3. The molecule has 2 aliphatic rings. The molecule has 3 heterocycles. The quantitative estimate of drug-likeness (QED) is 0.514. The predicted molar refractivity (Wildman–Crippen MR) is 128 cm³/mol. The molecule has 1 amide bonds. The number of hydrogen-bond donors (Lipinski definition) is 2. The third-order valence-electron chi connectivity index (χ3n) is 5.71. The lowest BCUT2D eigenvalue weighted by Crippen LogP contribution is -2.44. The summed E-state index contributed by atoms with van der Waals surface area (Å²) < 4.78 is 5.39. The first-order valence-corrected chi connectivity index (χ1v) is 12.5. The molecule has 8 heteroatoms. The summed E-state index contributed by atoms with van der Waals surface area (Å²) >= 11 is 1.85. The van der Waals surface area contributed by atoms with Gasteiger partial charge in [-0.25, -0.2) is 4.79 Å². The molecule has 2 aliphatic heterocycles. The van der Waals surface area contributed by atoms with Crippen molar-refractivity contribution < 1.29 is 9.53 Å². The molecule has 1 atom stereocenters. The molecule has 2 fully saturated rings. The number of likely N-dealkylation sites (tertiary alicyclic amines) is 2. The Hall–Kier alpha value is -1.80. The number of nitrogens with zero attached hydrogens (tertiary/aromatic N) is 3. The van der Waals surface area contributed by atoms with Gasteiger partial charge in [-0.15, -0.1) is 11.3 Å². The minimum absolute atomic E-state index is 0.0965. The van der Waals surface area contributed by atoms with Crippen LogP contribution in [-0.2, 0) is 11.3 Å². The molecule has 0 bridgehead atoms. The molecular weight excluding hydrogens is 410 g/mol. The molecule has 3 rings (SSSR count). The van der Waals surface area contributed by atoms with Gasteiger partial charge in [0.1, 0.15) is 5.60 Å². The Morgan fingerprint density at radius 3 is 2.68 bits per heavy atom. The molecular formula is C23H39N5O2S. The van der Waals surface area contributed by atoms with E-state index in [1.807, 2.05) is 32.1 Å². The summed E-state index contributed by atoms with van der Waals surface area (Å²) in [6.07, 6.45) is 2.98. The molecule has 7 nitrogen and oxygen atoms in total. The van der Waals surface area contributed by atoms with Crippen molar-refractivity contribution in [1.82, 2.24) is 20.4 Å². The first-order chi connectivity index (χ1) is 14.8. The Labute approximate surface area is 191 Å². The van der Waals surface area contributed by atoms with Crippen LogP contribution in [0.5, 0.6) is 0 Å². The van der Waals surface area contributed by atoms with E-state index in [0.717, 1.165) is 58.2 Å². The second kappa shape index (κ2) is 11.2. The molecule has 2 saturated heterocycles.